The molecule has 0 radical (unpaired) electrons. The number of hydrogen-bond acceptors (Lipinski definition) is 3. The maximum atomic E-state index is 12.6. The van der Waals surface area contributed by atoms with Crippen LogP contribution in [0.5, 0.6) is 0 Å². The summed E-state index contributed by atoms with van der Waals surface area (Å²) in [7, 11) is 0. The van der Waals surface area contributed by atoms with Gasteiger partial charge in [0.25, 0.3) is 0 Å². The SMILES string of the molecule is CCCCCCCCCCCCCCCCCCNC(=O)N1CC(C)(C)NC(C)(C)CC1=O. The van der Waals surface area contributed by atoms with Crippen LogP contribution in [0.4, 0.5) is 4.79 Å². The molecular weight excluding hydrogens is 410 g/mol. The lowest BCUT2D eigenvalue weighted by molar-refractivity contribution is -0.128. The molecule has 1 aliphatic heterocycles. The maximum Gasteiger partial charge on any atom is 0.324 e. The van der Waals surface area contributed by atoms with E-state index in [1.165, 1.54) is 94.8 Å². The minimum Gasteiger partial charge on any atom is -0.338 e. The number of amides is 3. The van der Waals surface area contributed by atoms with Gasteiger partial charge in [-0.15, -0.1) is 0 Å². The molecule has 5 heteroatoms. The second-order valence-corrected chi connectivity index (χ2v) is 11.6. The fourth-order valence-electron chi connectivity index (χ4n) is 5.11. The van der Waals surface area contributed by atoms with Crippen LogP contribution in [0.15, 0.2) is 0 Å². The quantitative estimate of drug-likeness (QED) is 0.221. The summed E-state index contributed by atoms with van der Waals surface area (Å²) in [6.45, 7) is 11.5. The van der Waals surface area contributed by atoms with Crippen LogP contribution in [0.2, 0.25) is 0 Å². The molecule has 2 N–H and O–H groups in total. The third kappa shape index (κ3) is 14.7. The van der Waals surface area contributed by atoms with Crippen LogP contribution in [0.1, 0.15) is 144 Å². The van der Waals surface area contributed by atoms with E-state index in [0.29, 0.717) is 19.5 Å². The van der Waals surface area contributed by atoms with Crippen LogP contribution in [0, 0.1) is 0 Å². The third-order valence-electron chi connectivity index (χ3n) is 6.68. The Morgan fingerprint density at radius 1 is 0.758 bits per heavy atom. The van der Waals surface area contributed by atoms with Crippen LogP contribution in [0.3, 0.4) is 0 Å². The molecule has 5 nitrogen and oxygen atoms in total. The summed E-state index contributed by atoms with van der Waals surface area (Å²) in [6.07, 6.45) is 21.8. The molecule has 0 saturated carbocycles. The van der Waals surface area contributed by atoms with E-state index in [1.54, 1.807) is 0 Å². The smallest absolute Gasteiger partial charge is 0.324 e. The number of rotatable bonds is 17. The number of urea groups is 1. The number of nitrogens with one attached hydrogen (secondary N) is 2. The summed E-state index contributed by atoms with van der Waals surface area (Å²) in [6, 6.07) is -0.242. The largest absolute Gasteiger partial charge is 0.338 e. The van der Waals surface area contributed by atoms with Crippen molar-refractivity contribution < 1.29 is 9.59 Å². The summed E-state index contributed by atoms with van der Waals surface area (Å²) < 4.78 is 0. The Morgan fingerprint density at radius 3 is 1.64 bits per heavy atom. The third-order valence-corrected chi connectivity index (χ3v) is 6.68. The van der Waals surface area contributed by atoms with Crippen molar-refractivity contribution in [3.63, 3.8) is 0 Å². The van der Waals surface area contributed by atoms with Gasteiger partial charge in [0, 0.05) is 30.6 Å². The maximum absolute atomic E-state index is 12.6. The summed E-state index contributed by atoms with van der Waals surface area (Å²) >= 11 is 0. The molecule has 0 unspecified atom stereocenters. The first-order valence-electron chi connectivity index (χ1n) is 14.0. The normalized spacial score (nSPS) is 17.7. The van der Waals surface area contributed by atoms with E-state index in [4.69, 9.17) is 0 Å². The Labute approximate surface area is 205 Å². The highest BCUT2D eigenvalue weighted by Crippen LogP contribution is 2.22. The van der Waals surface area contributed by atoms with E-state index in [1.807, 2.05) is 27.7 Å². The predicted octanol–water partition coefficient (Wildman–Crippen LogP) is 7.34. The van der Waals surface area contributed by atoms with Crippen molar-refractivity contribution >= 4 is 11.9 Å². The lowest BCUT2D eigenvalue weighted by Crippen LogP contribution is -2.55. The average Bonchev–Trinajstić information content (AvgIpc) is 2.81. The van der Waals surface area contributed by atoms with Gasteiger partial charge in [-0.05, 0) is 34.1 Å². The minimum atomic E-state index is -0.302. The molecule has 1 rings (SSSR count). The Kier molecular flexibility index (Phi) is 15.0. The van der Waals surface area contributed by atoms with Crippen molar-refractivity contribution in [3.8, 4) is 0 Å². The van der Waals surface area contributed by atoms with E-state index < -0.39 is 0 Å². The molecule has 33 heavy (non-hydrogen) atoms. The van der Waals surface area contributed by atoms with Crippen molar-refractivity contribution in [2.45, 2.75) is 155 Å². The van der Waals surface area contributed by atoms with Crippen molar-refractivity contribution in [1.29, 1.82) is 0 Å². The Bertz CT molecular complexity index is 545. The van der Waals surface area contributed by atoms with Gasteiger partial charge in [-0.1, -0.05) is 103 Å². The highest BCUT2D eigenvalue weighted by Gasteiger charge is 2.39. The molecule has 0 aromatic heterocycles. The van der Waals surface area contributed by atoms with Crippen LogP contribution in [-0.2, 0) is 4.79 Å². The molecular formula is C28H55N3O2. The van der Waals surface area contributed by atoms with Crippen molar-refractivity contribution in [2.75, 3.05) is 13.1 Å². The number of nitrogens with zero attached hydrogens (tertiary/aromatic N) is 1. The molecule has 1 fully saturated rings. The van der Waals surface area contributed by atoms with Gasteiger partial charge in [0.05, 0.1) is 0 Å². The number of unbranched alkanes of at least 4 members (excludes halogenated alkanes) is 15. The standard InChI is InChI=1S/C28H55N3O2/c1-6-7-8-9-10-11-12-13-14-15-16-17-18-19-20-21-22-29-26(33)31-24-28(4,5)30-27(2,3)23-25(31)32/h30H,6-24H2,1-5H3,(H,29,33). The summed E-state index contributed by atoms with van der Waals surface area (Å²) in [5.41, 5.74) is -0.593. The summed E-state index contributed by atoms with van der Waals surface area (Å²) in [4.78, 5) is 26.6. The summed E-state index contributed by atoms with van der Waals surface area (Å²) in [5.74, 6) is -0.0949. The lowest BCUT2D eigenvalue weighted by Gasteiger charge is -2.34. The van der Waals surface area contributed by atoms with E-state index >= 15 is 0 Å². The topological polar surface area (TPSA) is 61.4 Å². The highest BCUT2D eigenvalue weighted by atomic mass is 16.2. The van der Waals surface area contributed by atoms with Crippen molar-refractivity contribution in [1.82, 2.24) is 15.5 Å². The fraction of sp³-hybridized carbons (Fsp3) is 0.929. The first kappa shape index (κ1) is 29.9. The molecule has 0 bridgehead atoms. The van der Waals surface area contributed by atoms with Crippen molar-refractivity contribution in [2.24, 2.45) is 0 Å². The predicted molar refractivity (Wildman–Crippen MR) is 141 cm³/mol. The Hall–Kier alpha value is -1.10. The molecule has 1 aliphatic rings. The monoisotopic (exact) mass is 465 g/mol. The number of imide groups is 1. The average molecular weight is 466 g/mol. The van der Waals surface area contributed by atoms with Gasteiger partial charge < -0.3 is 10.6 Å². The molecule has 1 saturated heterocycles. The van der Waals surface area contributed by atoms with Gasteiger partial charge in [0.1, 0.15) is 0 Å². The Morgan fingerprint density at radius 2 is 1.18 bits per heavy atom. The van der Waals surface area contributed by atoms with Crippen LogP contribution >= 0.6 is 0 Å². The van der Waals surface area contributed by atoms with Crippen LogP contribution in [0.25, 0.3) is 0 Å². The molecule has 194 valence electrons. The van der Waals surface area contributed by atoms with Gasteiger partial charge in [-0.3, -0.25) is 9.69 Å². The van der Waals surface area contributed by atoms with E-state index in [0.717, 1.165) is 12.8 Å². The molecule has 0 aromatic rings. The molecule has 0 aromatic carbocycles. The van der Waals surface area contributed by atoms with Crippen molar-refractivity contribution in [3.05, 3.63) is 0 Å². The highest BCUT2D eigenvalue weighted by molar-refractivity contribution is 5.95. The van der Waals surface area contributed by atoms with Gasteiger partial charge in [-0.2, -0.15) is 0 Å². The fourth-order valence-corrected chi connectivity index (χ4v) is 5.11. The summed E-state index contributed by atoms with van der Waals surface area (Å²) in [5, 5.41) is 6.46. The minimum absolute atomic E-state index is 0.0949. The number of carbonyl (C=O) groups is 2. The molecule has 0 spiro atoms. The number of hydrogen-bond donors (Lipinski definition) is 2. The van der Waals surface area contributed by atoms with E-state index in [9.17, 15) is 9.59 Å². The van der Waals surface area contributed by atoms with Crippen LogP contribution < -0.4 is 10.6 Å². The zero-order valence-electron chi connectivity index (χ0n) is 22.7. The van der Waals surface area contributed by atoms with Gasteiger partial charge in [0.15, 0.2) is 0 Å². The van der Waals surface area contributed by atoms with Gasteiger partial charge in [-0.25, -0.2) is 4.79 Å². The van der Waals surface area contributed by atoms with E-state index in [2.05, 4.69) is 17.6 Å². The Balaban J connectivity index is 1.98. The lowest BCUT2D eigenvalue weighted by atomic mass is 9.96. The zero-order valence-corrected chi connectivity index (χ0v) is 22.7. The number of carbonyl (C=O) groups excluding carboxylic acids is 2. The molecule has 1 heterocycles. The van der Waals surface area contributed by atoms with E-state index in [-0.39, 0.29) is 23.0 Å². The van der Waals surface area contributed by atoms with Crippen LogP contribution in [-0.4, -0.2) is 41.0 Å². The molecule has 0 aliphatic carbocycles. The first-order valence-corrected chi connectivity index (χ1v) is 14.0. The molecule has 0 atom stereocenters. The first-order chi connectivity index (χ1) is 15.7. The second kappa shape index (κ2) is 16.5. The van der Waals surface area contributed by atoms with Gasteiger partial charge >= 0.3 is 6.03 Å². The molecule has 3 amide bonds. The zero-order chi connectivity index (χ0) is 24.6. The van der Waals surface area contributed by atoms with Gasteiger partial charge in [0.2, 0.25) is 5.91 Å². The second-order valence-electron chi connectivity index (χ2n) is 11.6.